The number of benzene rings is 2. The summed E-state index contributed by atoms with van der Waals surface area (Å²) in [7, 11) is -4.09. The van der Waals surface area contributed by atoms with Gasteiger partial charge in [-0.15, -0.1) is 0 Å². The second-order valence-corrected chi connectivity index (χ2v) is 5.85. The lowest BCUT2D eigenvalue weighted by molar-refractivity contribution is 0.302. The van der Waals surface area contributed by atoms with Gasteiger partial charge in [0.05, 0.1) is 6.16 Å². The molecule has 4 nitrogen and oxygen atoms in total. The molecule has 0 spiro atoms. The van der Waals surface area contributed by atoms with Gasteiger partial charge in [0, 0.05) is 5.56 Å². The van der Waals surface area contributed by atoms with Gasteiger partial charge in [0.15, 0.2) is 0 Å². The first-order chi connectivity index (χ1) is 9.04. The predicted octanol–water partition coefficient (Wildman–Crippen LogP) is 2.94. The highest BCUT2D eigenvalue weighted by Crippen LogP contribution is 2.41. The third-order valence-corrected chi connectivity index (χ3v) is 3.34. The molecule has 2 rings (SSSR count). The molecule has 100 valence electrons. The van der Waals surface area contributed by atoms with Gasteiger partial charge in [0.2, 0.25) is 0 Å². The molecule has 2 aromatic carbocycles. The first kappa shape index (κ1) is 13.8. The van der Waals surface area contributed by atoms with Crippen LogP contribution in [-0.4, -0.2) is 9.79 Å². The number of hydrogen-bond acceptors (Lipinski definition) is 2. The molecule has 0 unspecified atom stereocenters. The Bertz CT molecular complexity index is 577. The molecule has 0 radical (unpaired) electrons. The molecule has 2 N–H and O–H groups in total. The summed E-state index contributed by atoms with van der Waals surface area (Å²) in [6.45, 7) is 0.374. The van der Waals surface area contributed by atoms with Crippen molar-refractivity contribution in [1.29, 1.82) is 0 Å². The van der Waals surface area contributed by atoms with E-state index in [1.54, 1.807) is 24.3 Å². The van der Waals surface area contributed by atoms with Crippen LogP contribution in [0.4, 0.5) is 0 Å². The Morgan fingerprint density at radius 3 is 2.26 bits per heavy atom. The van der Waals surface area contributed by atoms with Crippen molar-refractivity contribution in [3.63, 3.8) is 0 Å². The fourth-order valence-corrected chi connectivity index (χ4v) is 2.44. The van der Waals surface area contributed by atoms with Gasteiger partial charge in [-0.25, -0.2) is 0 Å². The van der Waals surface area contributed by atoms with E-state index in [9.17, 15) is 4.57 Å². The Hall–Kier alpha value is -1.61. The molecule has 0 amide bonds. The van der Waals surface area contributed by atoms with Gasteiger partial charge in [-0.2, -0.15) is 0 Å². The van der Waals surface area contributed by atoms with Crippen LogP contribution in [0.5, 0.6) is 5.75 Å². The highest BCUT2D eigenvalue weighted by molar-refractivity contribution is 7.50. The fraction of sp³-hybridized carbons (Fsp3) is 0.143. The van der Waals surface area contributed by atoms with E-state index >= 15 is 0 Å². The Morgan fingerprint density at radius 2 is 1.58 bits per heavy atom. The van der Waals surface area contributed by atoms with E-state index in [0.29, 0.717) is 17.9 Å². The Balaban J connectivity index is 2.10. The highest BCUT2D eigenvalue weighted by Gasteiger charge is 2.17. The summed E-state index contributed by atoms with van der Waals surface area (Å²) in [6.07, 6.45) is -0.308. The molecule has 19 heavy (non-hydrogen) atoms. The Kier molecular flexibility index (Phi) is 4.38. The van der Waals surface area contributed by atoms with Crippen molar-refractivity contribution in [1.82, 2.24) is 0 Å². The summed E-state index contributed by atoms with van der Waals surface area (Å²) >= 11 is 0. The van der Waals surface area contributed by atoms with E-state index in [2.05, 4.69) is 0 Å². The van der Waals surface area contributed by atoms with Gasteiger partial charge in [-0.1, -0.05) is 48.5 Å². The third-order valence-electron chi connectivity index (χ3n) is 2.59. The SMILES string of the molecule is O=P(O)(O)Cc1ccccc1OCc1ccccc1. The quantitative estimate of drug-likeness (QED) is 0.825. The Morgan fingerprint density at radius 1 is 0.947 bits per heavy atom. The normalized spacial score (nSPS) is 11.3. The van der Waals surface area contributed by atoms with Crippen LogP contribution in [0.25, 0.3) is 0 Å². The summed E-state index contributed by atoms with van der Waals surface area (Å²) in [5.41, 5.74) is 1.53. The molecule has 0 fully saturated rings. The van der Waals surface area contributed by atoms with Crippen LogP contribution in [0, 0.1) is 0 Å². The molecule has 0 saturated carbocycles. The standard InChI is InChI=1S/C14H15O4P/c15-19(16,17)11-13-8-4-5-9-14(13)18-10-12-6-2-1-3-7-12/h1-9H,10-11H2,(H2,15,16,17). The zero-order valence-corrected chi connectivity index (χ0v) is 11.2. The van der Waals surface area contributed by atoms with Crippen molar-refractivity contribution >= 4 is 7.60 Å². The topological polar surface area (TPSA) is 66.8 Å². The molecule has 2 aromatic rings. The maximum atomic E-state index is 11.1. The van der Waals surface area contributed by atoms with Crippen LogP contribution in [0.1, 0.15) is 11.1 Å². The number of rotatable bonds is 5. The zero-order valence-electron chi connectivity index (χ0n) is 10.3. The summed E-state index contributed by atoms with van der Waals surface area (Å²) in [5, 5.41) is 0. The van der Waals surface area contributed by atoms with E-state index in [-0.39, 0.29) is 6.16 Å². The number of para-hydroxylation sites is 1. The second-order valence-electron chi connectivity index (χ2n) is 4.20. The van der Waals surface area contributed by atoms with Gasteiger partial charge in [0.25, 0.3) is 0 Å². The van der Waals surface area contributed by atoms with Gasteiger partial charge in [-0.05, 0) is 11.6 Å². The second kappa shape index (κ2) is 6.02. The summed E-state index contributed by atoms with van der Waals surface area (Å²) < 4.78 is 16.7. The van der Waals surface area contributed by atoms with Crippen LogP contribution in [0.3, 0.4) is 0 Å². The van der Waals surface area contributed by atoms with Crippen molar-refractivity contribution in [3.8, 4) is 5.75 Å². The fourth-order valence-electron chi connectivity index (χ4n) is 1.73. The van der Waals surface area contributed by atoms with Gasteiger partial charge in [0.1, 0.15) is 12.4 Å². The summed E-state index contributed by atoms with van der Waals surface area (Å²) in [6, 6.07) is 16.5. The number of ether oxygens (including phenoxy) is 1. The molecule has 0 atom stereocenters. The Labute approximate surface area is 111 Å². The van der Waals surface area contributed by atoms with Crippen LogP contribution >= 0.6 is 7.60 Å². The van der Waals surface area contributed by atoms with Crippen molar-refractivity contribution in [2.24, 2.45) is 0 Å². The third kappa shape index (κ3) is 4.52. The average molecular weight is 278 g/mol. The summed E-state index contributed by atoms with van der Waals surface area (Å²) in [4.78, 5) is 18.1. The largest absolute Gasteiger partial charge is 0.489 e. The van der Waals surface area contributed by atoms with E-state index in [0.717, 1.165) is 5.56 Å². The van der Waals surface area contributed by atoms with Crippen LogP contribution in [0.2, 0.25) is 0 Å². The lowest BCUT2D eigenvalue weighted by Crippen LogP contribution is -1.98. The predicted molar refractivity (Wildman–Crippen MR) is 73.0 cm³/mol. The minimum Gasteiger partial charge on any atom is -0.489 e. The smallest absolute Gasteiger partial charge is 0.330 e. The monoisotopic (exact) mass is 278 g/mol. The van der Waals surface area contributed by atoms with Crippen LogP contribution < -0.4 is 4.74 Å². The van der Waals surface area contributed by atoms with Gasteiger partial charge < -0.3 is 14.5 Å². The number of hydrogen-bond donors (Lipinski definition) is 2. The van der Waals surface area contributed by atoms with E-state index in [1.807, 2.05) is 30.3 Å². The van der Waals surface area contributed by atoms with E-state index in [1.165, 1.54) is 0 Å². The average Bonchev–Trinajstić information content (AvgIpc) is 2.37. The molecule has 0 heterocycles. The highest BCUT2D eigenvalue weighted by atomic mass is 31.2. The van der Waals surface area contributed by atoms with Crippen LogP contribution in [-0.2, 0) is 17.3 Å². The van der Waals surface area contributed by atoms with Crippen LogP contribution in [0.15, 0.2) is 54.6 Å². The molecule has 0 aliphatic rings. The molecular formula is C14H15O4P. The van der Waals surface area contributed by atoms with Crippen molar-refractivity contribution in [2.75, 3.05) is 0 Å². The van der Waals surface area contributed by atoms with Crippen molar-refractivity contribution < 1.29 is 19.1 Å². The van der Waals surface area contributed by atoms with E-state index in [4.69, 9.17) is 14.5 Å². The molecule has 0 aromatic heterocycles. The van der Waals surface area contributed by atoms with Gasteiger partial charge >= 0.3 is 7.60 Å². The molecule has 0 bridgehead atoms. The molecule has 5 heteroatoms. The van der Waals surface area contributed by atoms with Gasteiger partial charge in [-0.3, -0.25) is 4.57 Å². The molecule has 0 saturated heterocycles. The molecular weight excluding hydrogens is 263 g/mol. The minimum absolute atomic E-state index is 0.308. The lowest BCUT2D eigenvalue weighted by atomic mass is 10.2. The lowest BCUT2D eigenvalue weighted by Gasteiger charge is -2.12. The van der Waals surface area contributed by atoms with E-state index < -0.39 is 7.60 Å². The first-order valence-corrected chi connectivity index (χ1v) is 7.63. The van der Waals surface area contributed by atoms with Crippen molar-refractivity contribution in [2.45, 2.75) is 12.8 Å². The maximum absolute atomic E-state index is 11.1. The minimum atomic E-state index is -4.09. The zero-order chi connectivity index (χ0) is 13.7. The first-order valence-electron chi connectivity index (χ1n) is 5.84. The summed E-state index contributed by atoms with van der Waals surface area (Å²) in [5.74, 6) is 0.509. The maximum Gasteiger partial charge on any atom is 0.330 e. The molecule has 0 aliphatic carbocycles. The molecule has 0 aliphatic heterocycles. The van der Waals surface area contributed by atoms with Crippen molar-refractivity contribution in [3.05, 3.63) is 65.7 Å².